The number of nitrogens with zero attached hydrogens (tertiary/aromatic N) is 2. The number of hydrogen-bond acceptors (Lipinski definition) is 6. The van der Waals surface area contributed by atoms with Gasteiger partial charge in [0.15, 0.2) is 10.9 Å². The summed E-state index contributed by atoms with van der Waals surface area (Å²) in [4.78, 5) is 32.6. The number of para-hydroxylation sites is 1. The highest BCUT2D eigenvalue weighted by Gasteiger charge is 2.36. The molecule has 1 aromatic carbocycles. The van der Waals surface area contributed by atoms with Crippen LogP contribution < -0.4 is 10.1 Å². The molecule has 1 aliphatic carbocycles. The summed E-state index contributed by atoms with van der Waals surface area (Å²) in [5, 5.41) is 5.99. The zero-order chi connectivity index (χ0) is 18.8. The molecule has 0 radical (unpaired) electrons. The largest absolute Gasteiger partial charge is 0.488 e. The number of hydrogen-bond donors (Lipinski definition) is 1. The third kappa shape index (κ3) is 3.68. The summed E-state index contributed by atoms with van der Waals surface area (Å²) in [6.45, 7) is 1.79. The fourth-order valence-electron chi connectivity index (χ4n) is 3.07. The number of carbonyl (C=O) groups is 2. The third-order valence-electron chi connectivity index (χ3n) is 4.70. The van der Waals surface area contributed by atoms with E-state index in [0.717, 1.165) is 16.7 Å². The molecule has 1 amide bonds. The number of benzene rings is 1. The number of aromatic nitrogens is 2. The molecule has 1 fully saturated rings. The zero-order valence-corrected chi connectivity index (χ0v) is 15.7. The summed E-state index contributed by atoms with van der Waals surface area (Å²) in [6, 6.07) is 9.74. The van der Waals surface area contributed by atoms with Crippen LogP contribution in [0, 0.1) is 5.92 Å². The number of Topliss-reactive ketones (excluding diaryl/α,β-unsaturated/α-hetero) is 1. The van der Waals surface area contributed by atoms with E-state index < -0.39 is 0 Å². The lowest BCUT2D eigenvalue weighted by Gasteiger charge is -2.34. The molecule has 0 atom stereocenters. The van der Waals surface area contributed by atoms with Gasteiger partial charge >= 0.3 is 0 Å². The summed E-state index contributed by atoms with van der Waals surface area (Å²) in [6.07, 6.45) is 3.46. The van der Waals surface area contributed by atoms with Crippen molar-refractivity contribution in [1.82, 2.24) is 9.97 Å². The second-order valence-corrected chi connectivity index (χ2v) is 7.40. The topological polar surface area (TPSA) is 81.2 Å². The molecule has 4 rings (SSSR count). The molecule has 7 heteroatoms. The Labute approximate surface area is 160 Å². The number of rotatable bonds is 6. The molecule has 27 heavy (non-hydrogen) atoms. The van der Waals surface area contributed by atoms with Crippen LogP contribution in [0.2, 0.25) is 0 Å². The van der Waals surface area contributed by atoms with Gasteiger partial charge in [-0.15, -0.1) is 11.3 Å². The lowest BCUT2D eigenvalue weighted by Crippen LogP contribution is -2.40. The second-order valence-electron chi connectivity index (χ2n) is 6.54. The number of nitrogens with one attached hydrogen (secondary N) is 1. The lowest BCUT2D eigenvalue weighted by atomic mass is 9.81. The van der Waals surface area contributed by atoms with Crippen molar-refractivity contribution in [3.05, 3.63) is 47.6 Å². The van der Waals surface area contributed by atoms with E-state index in [0.29, 0.717) is 30.1 Å². The average Bonchev–Trinajstić information content (AvgIpc) is 3.12. The molecule has 0 spiro atoms. The smallest absolute Gasteiger partial charge is 0.229 e. The molecule has 138 valence electrons. The number of thiazole rings is 1. The zero-order valence-electron chi connectivity index (χ0n) is 14.8. The first-order chi connectivity index (χ1) is 13.1. The molecular weight excluding hydrogens is 362 g/mol. The standard InChI is InChI=1S/C20H19N3O3S/c1-2-16(24)15-11-27-20(22-15)23-19(25)13-9-14(10-13)26-17-7-3-5-12-6-4-8-21-18(12)17/h3-8,11,13-14H,2,9-10H2,1H3,(H,22,23,25). The highest BCUT2D eigenvalue weighted by Crippen LogP contribution is 2.34. The fourth-order valence-corrected chi connectivity index (χ4v) is 3.79. The normalized spacial score (nSPS) is 18.7. The maximum absolute atomic E-state index is 12.4. The highest BCUT2D eigenvalue weighted by atomic mass is 32.1. The summed E-state index contributed by atoms with van der Waals surface area (Å²) in [5.41, 5.74) is 1.25. The second kappa shape index (κ2) is 7.44. The Kier molecular flexibility index (Phi) is 4.85. The SMILES string of the molecule is CCC(=O)c1csc(NC(=O)C2CC(Oc3cccc4cccnc34)C2)n1. The minimum atomic E-state index is -0.104. The maximum Gasteiger partial charge on any atom is 0.229 e. The van der Waals surface area contributed by atoms with E-state index in [-0.39, 0.29) is 23.7 Å². The van der Waals surface area contributed by atoms with Gasteiger partial charge in [-0.2, -0.15) is 0 Å². The predicted molar refractivity (Wildman–Crippen MR) is 104 cm³/mol. The Morgan fingerprint density at radius 3 is 2.89 bits per heavy atom. The molecule has 0 bridgehead atoms. The first-order valence-corrected chi connectivity index (χ1v) is 9.82. The average molecular weight is 381 g/mol. The van der Waals surface area contributed by atoms with Crippen molar-refractivity contribution in [2.75, 3.05) is 5.32 Å². The van der Waals surface area contributed by atoms with Crippen LogP contribution in [0.5, 0.6) is 5.75 Å². The van der Waals surface area contributed by atoms with Gasteiger partial charge in [-0.05, 0) is 25.0 Å². The molecular formula is C20H19N3O3S. The van der Waals surface area contributed by atoms with Gasteiger partial charge in [0.1, 0.15) is 23.1 Å². The Balaban J connectivity index is 1.33. The van der Waals surface area contributed by atoms with E-state index in [9.17, 15) is 9.59 Å². The Morgan fingerprint density at radius 1 is 1.26 bits per heavy atom. The van der Waals surface area contributed by atoms with Crippen molar-refractivity contribution >= 4 is 39.1 Å². The third-order valence-corrected chi connectivity index (χ3v) is 5.45. The highest BCUT2D eigenvalue weighted by molar-refractivity contribution is 7.14. The van der Waals surface area contributed by atoms with Crippen molar-refractivity contribution in [3.8, 4) is 5.75 Å². The summed E-state index contributed by atoms with van der Waals surface area (Å²) in [7, 11) is 0. The van der Waals surface area contributed by atoms with E-state index in [4.69, 9.17) is 4.74 Å². The van der Waals surface area contributed by atoms with E-state index in [1.807, 2.05) is 30.3 Å². The van der Waals surface area contributed by atoms with Crippen molar-refractivity contribution < 1.29 is 14.3 Å². The summed E-state index contributed by atoms with van der Waals surface area (Å²) in [5.74, 6) is 0.551. The first kappa shape index (κ1) is 17.6. The van der Waals surface area contributed by atoms with Gasteiger partial charge in [-0.25, -0.2) is 4.98 Å². The minimum Gasteiger partial charge on any atom is -0.488 e. The van der Waals surface area contributed by atoms with Crippen molar-refractivity contribution in [1.29, 1.82) is 0 Å². The van der Waals surface area contributed by atoms with Gasteiger partial charge in [0.2, 0.25) is 5.91 Å². The molecule has 1 saturated carbocycles. The van der Waals surface area contributed by atoms with Crippen LogP contribution in [0.3, 0.4) is 0 Å². The molecule has 3 aromatic rings. The molecule has 0 unspecified atom stereocenters. The molecule has 0 aliphatic heterocycles. The lowest BCUT2D eigenvalue weighted by molar-refractivity contribution is -0.125. The Bertz CT molecular complexity index is 990. The quantitative estimate of drug-likeness (QED) is 0.651. The van der Waals surface area contributed by atoms with Crippen LogP contribution in [0.25, 0.3) is 10.9 Å². The monoisotopic (exact) mass is 381 g/mol. The molecule has 1 aliphatic rings. The van der Waals surface area contributed by atoms with E-state index in [2.05, 4.69) is 15.3 Å². The van der Waals surface area contributed by atoms with Crippen molar-refractivity contribution in [3.63, 3.8) is 0 Å². The molecule has 6 nitrogen and oxygen atoms in total. The van der Waals surface area contributed by atoms with Crippen LogP contribution >= 0.6 is 11.3 Å². The molecule has 2 aromatic heterocycles. The number of fused-ring (bicyclic) bond motifs is 1. The molecule has 0 saturated heterocycles. The van der Waals surface area contributed by atoms with Crippen LogP contribution in [0.15, 0.2) is 41.9 Å². The van der Waals surface area contributed by atoms with Crippen LogP contribution in [0.1, 0.15) is 36.7 Å². The molecule has 1 N–H and O–H groups in total. The maximum atomic E-state index is 12.4. The minimum absolute atomic E-state index is 0.00174. The van der Waals surface area contributed by atoms with Gasteiger partial charge < -0.3 is 10.1 Å². The van der Waals surface area contributed by atoms with Gasteiger partial charge in [0, 0.05) is 29.3 Å². The van der Waals surface area contributed by atoms with Gasteiger partial charge in [0.25, 0.3) is 0 Å². The van der Waals surface area contributed by atoms with Crippen LogP contribution in [-0.2, 0) is 4.79 Å². The summed E-state index contributed by atoms with van der Waals surface area (Å²) < 4.78 is 6.04. The van der Waals surface area contributed by atoms with E-state index >= 15 is 0 Å². The fraction of sp³-hybridized carbons (Fsp3) is 0.300. The Hall–Kier alpha value is -2.80. The van der Waals surface area contributed by atoms with Crippen LogP contribution in [-0.4, -0.2) is 27.8 Å². The number of amides is 1. The van der Waals surface area contributed by atoms with Gasteiger partial charge in [0.05, 0.1) is 0 Å². The number of carbonyl (C=O) groups excluding carboxylic acids is 2. The van der Waals surface area contributed by atoms with E-state index in [1.165, 1.54) is 11.3 Å². The number of anilines is 1. The van der Waals surface area contributed by atoms with Gasteiger partial charge in [-0.3, -0.25) is 14.6 Å². The van der Waals surface area contributed by atoms with Gasteiger partial charge in [-0.1, -0.05) is 25.1 Å². The Morgan fingerprint density at radius 2 is 2.07 bits per heavy atom. The number of ketones is 1. The van der Waals surface area contributed by atoms with Crippen LogP contribution in [0.4, 0.5) is 5.13 Å². The number of pyridine rings is 1. The van der Waals surface area contributed by atoms with E-state index in [1.54, 1.807) is 18.5 Å². The summed E-state index contributed by atoms with van der Waals surface area (Å²) >= 11 is 1.27. The van der Waals surface area contributed by atoms with Crippen molar-refractivity contribution in [2.24, 2.45) is 5.92 Å². The first-order valence-electron chi connectivity index (χ1n) is 8.94. The van der Waals surface area contributed by atoms with Crippen molar-refractivity contribution in [2.45, 2.75) is 32.3 Å². The molecule has 2 heterocycles. The predicted octanol–water partition coefficient (Wildman–Crippen LogP) is 4.08. The number of ether oxygens (including phenoxy) is 1.